The molecule has 0 saturated carbocycles. The van der Waals surface area contributed by atoms with E-state index in [9.17, 15) is 30.8 Å². The molecule has 1 heterocycles. The monoisotopic (exact) mass is 454 g/mol. The summed E-state index contributed by atoms with van der Waals surface area (Å²) < 4.78 is 82.5. The lowest BCUT2D eigenvalue weighted by atomic mass is 9.98. The minimum Gasteiger partial charge on any atom is -0.435 e. The minimum atomic E-state index is -3.22. The highest BCUT2D eigenvalue weighted by molar-refractivity contribution is 7.88. The van der Waals surface area contributed by atoms with Gasteiger partial charge in [-0.15, -0.1) is 0 Å². The standard InChI is InChI=1S/C18H22F4N2O5S/c1-30(26,27)24-8-6-12(7-9-24)11-23-16(25)5-3-13-2-4-14(28-17(19)20)10-15(13)29-18(21)22/h2-5,10,12,17-18H,6-9,11H2,1H3,(H,23,25)/b5-3+. The Bertz CT molecular complexity index is 856. The van der Waals surface area contributed by atoms with E-state index >= 15 is 0 Å². The zero-order valence-electron chi connectivity index (χ0n) is 16.1. The van der Waals surface area contributed by atoms with Crippen molar-refractivity contribution in [2.24, 2.45) is 5.92 Å². The van der Waals surface area contributed by atoms with Crippen molar-refractivity contribution in [1.82, 2.24) is 9.62 Å². The number of benzene rings is 1. The highest BCUT2D eigenvalue weighted by atomic mass is 32.2. The van der Waals surface area contributed by atoms with Gasteiger partial charge in [0.05, 0.1) is 6.26 Å². The predicted octanol–water partition coefficient (Wildman–Crippen LogP) is 2.69. The number of hydrogen-bond acceptors (Lipinski definition) is 5. The molecule has 1 N–H and O–H groups in total. The Labute approximate surface area is 171 Å². The first-order chi connectivity index (χ1) is 14.0. The summed E-state index contributed by atoms with van der Waals surface area (Å²) in [5, 5.41) is 2.67. The van der Waals surface area contributed by atoms with Crippen LogP contribution in [0.1, 0.15) is 18.4 Å². The molecular formula is C18H22F4N2O5S. The van der Waals surface area contributed by atoms with Crippen molar-refractivity contribution < 1.29 is 40.2 Å². The minimum absolute atomic E-state index is 0.0773. The van der Waals surface area contributed by atoms with Gasteiger partial charge in [-0.2, -0.15) is 17.6 Å². The van der Waals surface area contributed by atoms with Gasteiger partial charge in [0.25, 0.3) is 0 Å². The lowest BCUT2D eigenvalue weighted by Gasteiger charge is -2.30. The third-order valence-corrected chi connectivity index (χ3v) is 5.75. The van der Waals surface area contributed by atoms with Crippen LogP contribution >= 0.6 is 0 Å². The van der Waals surface area contributed by atoms with Crippen LogP contribution < -0.4 is 14.8 Å². The average molecular weight is 454 g/mol. The van der Waals surface area contributed by atoms with Crippen LogP contribution in [0, 0.1) is 5.92 Å². The second-order valence-electron chi connectivity index (χ2n) is 6.64. The van der Waals surface area contributed by atoms with E-state index in [0.29, 0.717) is 32.5 Å². The summed E-state index contributed by atoms with van der Waals surface area (Å²) in [5.41, 5.74) is 0.0773. The van der Waals surface area contributed by atoms with Crippen LogP contribution in [0.5, 0.6) is 11.5 Å². The SMILES string of the molecule is CS(=O)(=O)N1CCC(CNC(=O)/C=C/c2ccc(OC(F)F)cc2OC(F)F)CC1. The number of nitrogens with zero attached hydrogens (tertiary/aromatic N) is 1. The van der Waals surface area contributed by atoms with E-state index in [1.165, 1.54) is 16.4 Å². The summed E-state index contributed by atoms with van der Waals surface area (Å²) in [4.78, 5) is 12.0. The van der Waals surface area contributed by atoms with Gasteiger partial charge in [-0.3, -0.25) is 4.79 Å². The maximum Gasteiger partial charge on any atom is 0.387 e. The van der Waals surface area contributed by atoms with E-state index < -0.39 is 34.9 Å². The largest absolute Gasteiger partial charge is 0.435 e. The van der Waals surface area contributed by atoms with Crippen molar-refractivity contribution in [2.45, 2.75) is 26.1 Å². The van der Waals surface area contributed by atoms with Crippen molar-refractivity contribution in [3.05, 3.63) is 29.8 Å². The molecule has 30 heavy (non-hydrogen) atoms. The molecule has 0 spiro atoms. The summed E-state index contributed by atoms with van der Waals surface area (Å²) in [7, 11) is -3.22. The van der Waals surface area contributed by atoms with Gasteiger partial charge in [-0.1, -0.05) is 0 Å². The molecule has 2 rings (SSSR count). The van der Waals surface area contributed by atoms with E-state index in [-0.39, 0.29) is 17.2 Å². The van der Waals surface area contributed by atoms with Gasteiger partial charge < -0.3 is 14.8 Å². The van der Waals surface area contributed by atoms with E-state index in [0.717, 1.165) is 24.5 Å². The quantitative estimate of drug-likeness (QED) is 0.458. The second kappa shape index (κ2) is 10.6. The molecule has 1 saturated heterocycles. The lowest BCUT2D eigenvalue weighted by molar-refractivity contribution is -0.116. The molecule has 1 aromatic carbocycles. The zero-order valence-corrected chi connectivity index (χ0v) is 16.9. The van der Waals surface area contributed by atoms with Gasteiger partial charge in [0.15, 0.2) is 0 Å². The molecule has 1 aliphatic heterocycles. The third-order valence-electron chi connectivity index (χ3n) is 4.45. The second-order valence-corrected chi connectivity index (χ2v) is 8.62. The van der Waals surface area contributed by atoms with E-state index in [1.807, 2.05) is 0 Å². The van der Waals surface area contributed by atoms with Crippen molar-refractivity contribution >= 4 is 22.0 Å². The van der Waals surface area contributed by atoms with E-state index in [4.69, 9.17) is 0 Å². The Kier molecular flexibility index (Phi) is 8.47. The van der Waals surface area contributed by atoms with Crippen molar-refractivity contribution in [3.63, 3.8) is 0 Å². The lowest BCUT2D eigenvalue weighted by Crippen LogP contribution is -2.40. The number of piperidine rings is 1. The molecule has 0 aliphatic carbocycles. The highest BCUT2D eigenvalue weighted by Crippen LogP contribution is 2.28. The molecule has 1 aliphatic rings. The Morgan fingerprint density at radius 2 is 1.83 bits per heavy atom. The zero-order chi connectivity index (χ0) is 22.3. The first-order valence-corrected chi connectivity index (χ1v) is 10.8. The fraction of sp³-hybridized carbons (Fsp3) is 0.500. The summed E-state index contributed by atoms with van der Waals surface area (Å²) in [5.74, 6) is -1.15. The fourth-order valence-corrected chi connectivity index (χ4v) is 3.82. The van der Waals surface area contributed by atoms with E-state index in [1.54, 1.807) is 0 Å². The van der Waals surface area contributed by atoms with Gasteiger partial charge in [0, 0.05) is 37.3 Å². The number of amides is 1. The Morgan fingerprint density at radius 3 is 2.40 bits per heavy atom. The van der Waals surface area contributed by atoms with Gasteiger partial charge in [0.2, 0.25) is 15.9 Å². The smallest absolute Gasteiger partial charge is 0.387 e. The van der Waals surface area contributed by atoms with Crippen LogP contribution in [0.15, 0.2) is 24.3 Å². The number of halogens is 4. The van der Waals surface area contributed by atoms with Crippen LogP contribution in [0.3, 0.4) is 0 Å². The number of carbonyl (C=O) groups excluding carboxylic acids is 1. The molecule has 0 bridgehead atoms. The summed E-state index contributed by atoms with van der Waals surface area (Å²) in [6, 6.07) is 3.23. The Balaban J connectivity index is 1.92. The normalized spacial score (nSPS) is 16.4. The molecule has 1 fully saturated rings. The van der Waals surface area contributed by atoms with Crippen LogP contribution in [-0.2, 0) is 14.8 Å². The molecule has 0 atom stereocenters. The molecule has 0 radical (unpaired) electrons. The molecule has 12 heteroatoms. The fourth-order valence-electron chi connectivity index (χ4n) is 2.94. The highest BCUT2D eigenvalue weighted by Gasteiger charge is 2.24. The predicted molar refractivity (Wildman–Crippen MR) is 101 cm³/mol. The molecule has 1 aromatic rings. The molecule has 0 aromatic heterocycles. The van der Waals surface area contributed by atoms with Gasteiger partial charge in [-0.25, -0.2) is 12.7 Å². The molecule has 7 nitrogen and oxygen atoms in total. The summed E-state index contributed by atoms with van der Waals surface area (Å²) in [6.45, 7) is -5.21. The maximum absolute atomic E-state index is 12.6. The van der Waals surface area contributed by atoms with Crippen molar-refractivity contribution in [2.75, 3.05) is 25.9 Å². The first kappa shape index (κ1) is 23.9. The summed E-state index contributed by atoms with van der Waals surface area (Å²) >= 11 is 0. The third kappa shape index (κ3) is 7.82. The topological polar surface area (TPSA) is 84.9 Å². The van der Waals surface area contributed by atoms with Crippen LogP contribution in [-0.4, -0.2) is 57.7 Å². The first-order valence-electron chi connectivity index (χ1n) is 8.99. The number of hydrogen-bond donors (Lipinski definition) is 1. The number of carbonyl (C=O) groups is 1. The molecule has 0 unspecified atom stereocenters. The van der Waals surface area contributed by atoms with Crippen LogP contribution in [0.4, 0.5) is 17.6 Å². The average Bonchev–Trinajstić information content (AvgIpc) is 2.64. The van der Waals surface area contributed by atoms with Gasteiger partial charge in [-0.05, 0) is 37.0 Å². The van der Waals surface area contributed by atoms with Crippen LogP contribution in [0.25, 0.3) is 6.08 Å². The number of sulfonamides is 1. The van der Waals surface area contributed by atoms with Gasteiger partial charge in [0.1, 0.15) is 11.5 Å². The van der Waals surface area contributed by atoms with Crippen LogP contribution in [0.2, 0.25) is 0 Å². The Hall–Kier alpha value is -2.34. The van der Waals surface area contributed by atoms with Gasteiger partial charge >= 0.3 is 13.2 Å². The molecular weight excluding hydrogens is 432 g/mol. The number of ether oxygens (including phenoxy) is 2. The summed E-state index contributed by atoms with van der Waals surface area (Å²) in [6.07, 6.45) is 4.68. The number of alkyl halides is 4. The molecule has 1 amide bonds. The maximum atomic E-state index is 12.6. The van der Waals surface area contributed by atoms with E-state index in [2.05, 4.69) is 14.8 Å². The number of nitrogens with one attached hydrogen (secondary N) is 1. The Morgan fingerprint density at radius 1 is 1.20 bits per heavy atom. The molecule has 168 valence electrons. The van der Waals surface area contributed by atoms with Crippen molar-refractivity contribution in [1.29, 1.82) is 0 Å². The number of rotatable bonds is 9. The van der Waals surface area contributed by atoms with Crippen molar-refractivity contribution in [3.8, 4) is 11.5 Å².